The molecule has 3 aromatic heterocycles. The molecule has 9 heteroatoms. The molecule has 2 fully saturated rings. The molecule has 6 rings (SSSR count). The standard InChI is InChI=1S/C21H22N8O/c1-27-10-17(8-23-27)25-20-22-6-16-7-24-29(19(16)26-20)9-15-3-2-4-18(5-15)28-11-21(12-28)13-30-14-21/h2-8,10H,9,11-14H2,1H3,(H,22,25,26). The zero-order valence-electron chi connectivity index (χ0n) is 16.7. The van der Waals surface area contributed by atoms with Crippen LogP contribution in [-0.4, -0.2) is 55.8 Å². The van der Waals surface area contributed by atoms with Crippen molar-refractivity contribution in [2.24, 2.45) is 12.5 Å². The first-order valence-corrected chi connectivity index (χ1v) is 10.0. The van der Waals surface area contributed by atoms with Crippen LogP contribution in [0.3, 0.4) is 0 Å². The highest BCUT2D eigenvalue weighted by molar-refractivity contribution is 5.75. The van der Waals surface area contributed by atoms with E-state index >= 15 is 0 Å². The first kappa shape index (κ1) is 17.4. The van der Waals surface area contributed by atoms with Crippen LogP contribution in [0.1, 0.15) is 5.56 Å². The molecule has 2 saturated heterocycles. The fraction of sp³-hybridized carbons (Fsp3) is 0.333. The molecular weight excluding hydrogens is 380 g/mol. The topological polar surface area (TPSA) is 85.9 Å². The number of benzene rings is 1. The molecule has 5 heterocycles. The number of hydrogen-bond donors (Lipinski definition) is 1. The van der Waals surface area contributed by atoms with Gasteiger partial charge in [0.25, 0.3) is 0 Å². The second kappa shape index (κ2) is 6.53. The van der Waals surface area contributed by atoms with Crippen LogP contribution < -0.4 is 10.2 Å². The Labute approximate surface area is 173 Å². The lowest BCUT2D eigenvalue weighted by molar-refractivity contribution is -0.127. The molecule has 1 N–H and O–H groups in total. The molecule has 1 spiro atoms. The maximum Gasteiger partial charge on any atom is 0.229 e. The smallest absolute Gasteiger partial charge is 0.229 e. The Kier molecular flexibility index (Phi) is 3.79. The number of hydrogen-bond acceptors (Lipinski definition) is 7. The van der Waals surface area contributed by atoms with Gasteiger partial charge in [0.1, 0.15) is 0 Å². The number of aryl methyl sites for hydroxylation is 1. The number of nitrogens with zero attached hydrogens (tertiary/aromatic N) is 7. The van der Waals surface area contributed by atoms with Crippen molar-refractivity contribution in [2.45, 2.75) is 6.54 Å². The lowest BCUT2D eigenvalue weighted by atomic mass is 9.77. The van der Waals surface area contributed by atoms with Crippen LogP contribution in [0.25, 0.3) is 11.0 Å². The van der Waals surface area contributed by atoms with E-state index in [9.17, 15) is 0 Å². The van der Waals surface area contributed by atoms with Crippen molar-refractivity contribution in [1.82, 2.24) is 29.5 Å². The monoisotopic (exact) mass is 402 g/mol. The van der Waals surface area contributed by atoms with E-state index in [-0.39, 0.29) is 0 Å². The summed E-state index contributed by atoms with van der Waals surface area (Å²) >= 11 is 0. The molecule has 0 amide bonds. The zero-order valence-corrected chi connectivity index (χ0v) is 16.7. The van der Waals surface area contributed by atoms with Crippen molar-refractivity contribution < 1.29 is 4.74 Å². The summed E-state index contributed by atoms with van der Waals surface area (Å²) in [4.78, 5) is 11.5. The van der Waals surface area contributed by atoms with E-state index in [0.29, 0.717) is 17.9 Å². The molecule has 0 atom stereocenters. The van der Waals surface area contributed by atoms with Gasteiger partial charge in [-0.1, -0.05) is 12.1 Å². The fourth-order valence-corrected chi connectivity index (χ4v) is 4.20. The van der Waals surface area contributed by atoms with Gasteiger partial charge in [-0.2, -0.15) is 15.2 Å². The van der Waals surface area contributed by atoms with E-state index in [0.717, 1.165) is 43.0 Å². The van der Waals surface area contributed by atoms with Crippen LogP contribution in [0.5, 0.6) is 0 Å². The highest BCUT2D eigenvalue weighted by atomic mass is 16.5. The van der Waals surface area contributed by atoms with E-state index in [2.05, 4.69) is 54.6 Å². The van der Waals surface area contributed by atoms with Crippen molar-refractivity contribution in [3.05, 3.63) is 54.6 Å². The third-order valence-electron chi connectivity index (χ3n) is 5.81. The molecule has 0 bridgehead atoms. The molecule has 0 saturated carbocycles. The van der Waals surface area contributed by atoms with E-state index in [1.54, 1.807) is 17.1 Å². The minimum Gasteiger partial charge on any atom is -0.380 e. The molecule has 1 aromatic carbocycles. The third kappa shape index (κ3) is 2.98. The zero-order chi connectivity index (χ0) is 20.1. The van der Waals surface area contributed by atoms with Gasteiger partial charge in [-0.3, -0.25) is 4.68 Å². The molecule has 9 nitrogen and oxygen atoms in total. The number of anilines is 3. The predicted molar refractivity (Wildman–Crippen MR) is 113 cm³/mol. The summed E-state index contributed by atoms with van der Waals surface area (Å²) in [6.45, 7) is 4.62. The lowest BCUT2D eigenvalue weighted by Crippen LogP contribution is -2.66. The molecule has 2 aliphatic heterocycles. The number of ether oxygens (including phenoxy) is 1. The van der Waals surface area contributed by atoms with Crippen molar-refractivity contribution in [2.75, 3.05) is 36.5 Å². The Balaban J connectivity index is 1.23. The summed E-state index contributed by atoms with van der Waals surface area (Å²) < 4.78 is 9.04. The summed E-state index contributed by atoms with van der Waals surface area (Å²) in [5.74, 6) is 0.527. The molecule has 30 heavy (non-hydrogen) atoms. The maximum atomic E-state index is 5.39. The Hall–Kier alpha value is -3.46. The van der Waals surface area contributed by atoms with E-state index in [1.165, 1.54) is 11.3 Å². The number of aromatic nitrogens is 6. The summed E-state index contributed by atoms with van der Waals surface area (Å²) in [5.41, 5.74) is 4.51. The second-order valence-corrected chi connectivity index (χ2v) is 8.32. The molecule has 2 aliphatic rings. The normalized spacial score (nSPS) is 17.2. The first-order chi connectivity index (χ1) is 14.7. The van der Waals surface area contributed by atoms with E-state index in [4.69, 9.17) is 4.74 Å². The minimum atomic E-state index is 0.406. The van der Waals surface area contributed by atoms with Gasteiger partial charge in [0.05, 0.1) is 48.6 Å². The highest BCUT2D eigenvalue weighted by Crippen LogP contribution is 2.40. The molecular formula is C21H22N8O. The summed E-state index contributed by atoms with van der Waals surface area (Å²) in [6.07, 6.45) is 7.22. The van der Waals surface area contributed by atoms with Crippen LogP contribution in [-0.2, 0) is 18.3 Å². The SMILES string of the molecule is Cn1cc(Nc2ncc3cnn(Cc4cccc(N5CC6(COC6)C5)c4)c3n2)cn1. The van der Waals surface area contributed by atoms with Crippen LogP contribution in [0, 0.1) is 5.41 Å². The number of fused-ring (bicyclic) bond motifs is 1. The second-order valence-electron chi connectivity index (χ2n) is 8.32. The highest BCUT2D eigenvalue weighted by Gasteiger charge is 2.49. The molecule has 4 aromatic rings. The Morgan fingerprint density at radius 2 is 2.03 bits per heavy atom. The van der Waals surface area contributed by atoms with Crippen LogP contribution in [0.15, 0.2) is 49.1 Å². The van der Waals surface area contributed by atoms with Crippen LogP contribution in [0.4, 0.5) is 17.3 Å². The van der Waals surface area contributed by atoms with Gasteiger partial charge in [-0.25, -0.2) is 9.67 Å². The maximum absolute atomic E-state index is 5.39. The molecule has 0 unspecified atom stereocenters. The molecule has 0 radical (unpaired) electrons. The Morgan fingerprint density at radius 1 is 1.13 bits per heavy atom. The number of nitrogens with one attached hydrogen (secondary N) is 1. The largest absolute Gasteiger partial charge is 0.380 e. The van der Waals surface area contributed by atoms with Gasteiger partial charge < -0.3 is 15.0 Å². The minimum absolute atomic E-state index is 0.406. The quantitative estimate of drug-likeness (QED) is 0.548. The Morgan fingerprint density at radius 3 is 2.80 bits per heavy atom. The van der Waals surface area contributed by atoms with Crippen molar-refractivity contribution in [1.29, 1.82) is 0 Å². The predicted octanol–water partition coefficient (Wildman–Crippen LogP) is 2.19. The van der Waals surface area contributed by atoms with Gasteiger partial charge >= 0.3 is 0 Å². The average molecular weight is 402 g/mol. The van der Waals surface area contributed by atoms with Crippen molar-refractivity contribution >= 4 is 28.4 Å². The molecule has 0 aliphatic carbocycles. The number of rotatable bonds is 5. The fourth-order valence-electron chi connectivity index (χ4n) is 4.20. The summed E-state index contributed by atoms with van der Waals surface area (Å²) in [5, 5.41) is 12.8. The van der Waals surface area contributed by atoms with Crippen molar-refractivity contribution in [3.8, 4) is 0 Å². The van der Waals surface area contributed by atoms with Crippen LogP contribution in [0.2, 0.25) is 0 Å². The van der Waals surface area contributed by atoms with E-state index < -0.39 is 0 Å². The average Bonchev–Trinajstić information content (AvgIpc) is 3.26. The van der Waals surface area contributed by atoms with Crippen LogP contribution >= 0.6 is 0 Å². The van der Waals surface area contributed by atoms with Gasteiger partial charge in [0, 0.05) is 38.2 Å². The van der Waals surface area contributed by atoms with Gasteiger partial charge in [0.2, 0.25) is 5.95 Å². The lowest BCUT2D eigenvalue weighted by Gasteiger charge is -2.56. The van der Waals surface area contributed by atoms with Gasteiger partial charge in [-0.15, -0.1) is 0 Å². The Bertz CT molecular complexity index is 1220. The third-order valence-corrected chi connectivity index (χ3v) is 5.81. The summed E-state index contributed by atoms with van der Waals surface area (Å²) in [7, 11) is 1.87. The summed E-state index contributed by atoms with van der Waals surface area (Å²) in [6, 6.07) is 8.67. The van der Waals surface area contributed by atoms with Gasteiger partial charge in [-0.05, 0) is 17.7 Å². The molecule has 152 valence electrons. The van der Waals surface area contributed by atoms with Gasteiger partial charge in [0.15, 0.2) is 5.65 Å². The first-order valence-electron chi connectivity index (χ1n) is 10.0. The van der Waals surface area contributed by atoms with Crippen molar-refractivity contribution in [3.63, 3.8) is 0 Å². The van der Waals surface area contributed by atoms with E-state index in [1.807, 2.05) is 24.1 Å².